The Kier molecular flexibility index (Phi) is 6.90. The molecular formula is C26H24N2O4S. The zero-order valence-corrected chi connectivity index (χ0v) is 19.5. The first-order chi connectivity index (χ1) is 16.1. The van der Waals surface area contributed by atoms with E-state index in [0.717, 1.165) is 16.8 Å². The fourth-order valence-electron chi connectivity index (χ4n) is 3.48. The predicted octanol–water partition coefficient (Wildman–Crippen LogP) is 5.68. The van der Waals surface area contributed by atoms with Crippen molar-refractivity contribution < 1.29 is 19.0 Å². The molecule has 4 aromatic rings. The minimum Gasteiger partial charge on any atom is -0.493 e. The highest BCUT2D eigenvalue weighted by molar-refractivity contribution is 7.14. The summed E-state index contributed by atoms with van der Waals surface area (Å²) >= 11 is 1.43. The van der Waals surface area contributed by atoms with Gasteiger partial charge in [0.1, 0.15) is 0 Å². The minimum atomic E-state index is -0.216. The molecule has 0 saturated heterocycles. The number of carbonyl (C=O) groups is 1. The number of hydrogen-bond donors (Lipinski definition) is 0. The van der Waals surface area contributed by atoms with E-state index in [1.165, 1.54) is 32.7 Å². The zero-order valence-electron chi connectivity index (χ0n) is 18.6. The van der Waals surface area contributed by atoms with Crippen LogP contribution < -0.4 is 19.1 Å². The molecule has 1 amide bonds. The maximum atomic E-state index is 13.8. The molecule has 0 aliphatic rings. The Balaban J connectivity index is 1.76. The lowest BCUT2D eigenvalue weighted by atomic mass is 10.1. The Morgan fingerprint density at radius 1 is 0.879 bits per heavy atom. The van der Waals surface area contributed by atoms with Crippen molar-refractivity contribution in [3.63, 3.8) is 0 Å². The highest BCUT2D eigenvalue weighted by Crippen LogP contribution is 2.39. The number of methoxy groups -OCH3 is 3. The average Bonchev–Trinajstić information content (AvgIpc) is 3.37. The number of anilines is 1. The van der Waals surface area contributed by atoms with Crippen LogP contribution in [0, 0.1) is 0 Å². The molecule has 1 heterocycles. The SMILES string of the molecule is COc1cc(C(=O)N(Cc2ccccc2)c2nc(-c3ccccc3)cs2)cc(OC)c1OC. The number of ether oxygens (including phenoxy) is 3. The summed E-state index contributed by atoms with van der Waals surface area (Å²) in [6.07, 6.45) is 0. The molecule has 0 aliphatic heterocycles. The van der Waals surface area contributed by atoms with Crippen molar-refractivity contribution in [3.8, 4) is 28.5 Å². The van der Waals surface area contributed by atoms with E-state index in [2.05, 4.69) is 0 Å². The molecule has 0 spiro atoms. The standard InChI is InChI=1S/C26H24N2O4S/c1-30-22-14-20(15-23(31-2)24(22)32-3)25(29)28(16-18-10-6-4-7-11-18)26-27-21(17-33-26)19-12-8-5-9-13-19/h4-15,17H,16H2,1-3H3. The third kappa shape index (κ3) is 4.83. The molecular weight excluding hydrogens is 436 g/mol. The van der Waals surface area contributed by atoms with Crippen LogP contribution in [0.4, 0.5) is 5.13 Å². The van der Waals surface area contributed by atoms with E-state index in [-0.39, 0.29) is 5.91 Å². The van der Waals surface area contributed by atoms with E-state index in [1.807, 2.05) is 66.0 Å². The van der Waals surface area contributed by atoms with Crippen LogP contribution in [0.15, 0.2) is 78.2 Å². The molecule has 1 aromatic heterocycles. The van der Waals surface area contributed by atoms with Gasteiger partial charge in [0.25, 0.3) is 5.91 Å². The van der Waals surface area contributed by atoms with Gasteiger partial charge in [0.05, 0.1) is 33.6 Å². The van der Waals surface area contributed by atoms with Crippen LogP contribution in [0.5, 0.6) is 17.2 Å². The molecule has 4 rings (SSSR count). The van der Waals surface area contributed by atoms with Gasteiger partial charge < -0.3 is 14.2 Å². The third-order valence-electron chi connectivity index (χ3n) is 5.13. The summed E-state index contributed by atoms with van der Waals surface area (Å²) in [5.41, 5.74) is 3.23. The van der Waals surface area contributed by atoms with Crippen LogP contribution in [0.2, 0.25) is 0 Å². The van der Waals surface area contributed by atoms with Gasteiger partial charge in [-0.25, -0.2) is 4.98 Å². The number of amides is 1. The topological polar surface area (TPSA) is 60.9 Å². The van der Waals surface area contributed by atoms with Crippen molar-refractivity contribution in [3.05, 3.63) is 89.3 Å². The molecule has 6 nitrogen and oxygen atoms in total. The Hall–Kier alpha value is -3.84. The van der Waals surface area contributed by atoms with Gasteiger partial charge >= 0.3 is 0 Å². The molecule has 0 N–H and O–H groups in total. The fraction of sp³-hybridized carbons (Fsp3) is 0.154. The molecule has 0 atom stereocenters. The van der Waals surface area contributed by atoms with Crippen LogP contribution >= 0.6 is 11.3 Å². The Morgan fingerprint density at radius 2 is 1.48 bits per heavy atom. The molecule has 33 heavy (non-hydrogen) atoms. The number of benzene rings is 3. The van der Waals surface area contributed by atoms with Gasteiger partial charge in [-0.15, -0.1) is 11.3 Å². The second-order valence-corrected chi connectivity index (χ2v) is 8.01. The number of nitrogens with zero attached hydrogens (tertiary/aromatic N) is 2. The fourth-order valence-corrected chi connectivity index (χ4v) is 4.31. The average molecular weight is 461 g/mol. The largest absolute Gasteiger partial charge is 0.493 e. The highest BCUT2D eigenvalue weighted by atomic mass is 32.1. The molecule has 3 aromatic carbocycles. The minimum absolute atomic E-state index is 0.216. The molecule has 7 heteroatoms. The van der Waals surface area contributed by atoms with Gasteiger partial charge in [-0.3, -0.25) is 9.69 Å². The molecule has 0 fully saturated rings. The summed E-state index contributed by atoms with van der Waals surface area (Å²) in [5, 5.41) is 2.57. The van der Waals surface area contributed by atoms with E-state index in [0.29, 0.717) is 34.5 Å². The first-order valence-corrected chi connectivity index (χ1v) is 11.2. The van der Waals surface area contributed by atoms with E-state index < -0.39 is 0 Å². The Bertz CT molecular complexity index is 1200. The summed E-state index contributed by atoms with van der Waals surface area (Å²) in [6.45, 7) is 0.373. The molecule has 168 valence electrons. The second-order valence-electron chi connectivity index (χ2n) is 7.17. The van der Waals surface area contributed by atoms with Gasteiger partial charge in [0.2, 0.25) is 5.75 Å². The van der Waals surface area contributed by atoms with E-state index in [1.54, 1.807) is 17.0 Å². The van der Waals surface area contributed by atoms with Gasteiger partial charge in [0, 0.05) is 16.5 Å². The summed E-state index contributed by atoms with van der Waals surface area (Å²) < 4.78 is 16.3. The Labute approximate surface area is 197 Å². The molecule has 0 radical (unpaired) electrons. The maximum Gasteiger partial charge on any atom is 0.260 e. The zero-order chi connectivity index (χ0) is 23.2. The van der Waals surface area contributed by atoms with Gasteiger partial charge in [-0.2, -0.15) is 0 Å². The monoisotopic (exact) mass is 460 g/mol. The number of aromatic nitrogens is 1. The van der Waals surface area contributed by atoms with E-state index in [9.17, 15) is 4.79 Å². The summed E-state index contributed by atoms with van der Waals surface area (Å²) in [5.74, 6) is 1.06. The van der Waals surface area contributed by atoms with Crippen molar-refractivity contribution in [2.75, 3.05) is 26.2 Å². The van der Waals surface area contributed by atoms with Gasteiger partial charge in [-0.1, -0.05) is 60.7 Å². The van der Waals surface area contributed by atoms with E-state index >= 15 is 0 Å². The summed E-state index contributed by atoms with van der Waals surface area (Å²) in [6, 6.07) is 23.1. The smallest absolute Gasteiger partial charge is 0.260 e. The van der Waals surface area contributed by atoms with Crippen LogP contribution in [0.3, 0.4) is 0 Å². The number of thiazole rings is 1. The van der Waals surface area contributed by atoms with Crippen molar-refractivity contribution in [2.45, 2.75) is 6.54 Å². The third-order valence-corrected chi connectivity index (χ3v) is 6.00. The van der Waals surface area contributed by atoms with Crippen LogP contribution in [-0.4, -0.2) is 32.2 Å². The number of rotatable bonds is 8. The number of hydrogen-bond acceptors (Lipinski definition) is 6. The Morgan fingerprint density at radius 3 is 2.06 bits per heavy atom. The lowest BCUT2D eigenvalue weighted by molar-refractivity contribution is 0.0984. The molecule has 0 aliphatic carbocycles. The van der Waals surface area contributed by atoms with Crippen molar-refractivity contribution in [1.29, 1.82) is 0 Å². The lowest BCUT2D eigenvalue weighted by Gasteiger charge is -2.21. The first-order valence-electron chi connectivity index (χ1n) is 10.3. The van der Waals surface area contributed by atoms with Crippen LogP contribution in [-0.2, 0) is 6.54 Å². The lowest BCUT2D eigenvalue weighted by Crippen LogP contribution is -2.30. The molecule has 0 unspecified atom stereocenters. The van der Waals surface area contributed by atoms with Crippen molar-refractivity contribution in [2.24, 2.45) is 0 Å². The number of carbonyl (C=O) groups excluding carboxylic acids is 1. The normalized spacial score (nSPS) is 10.5. The van der Waals surface area contributed by atoms with Crippen molar-refractivity contribution in [1.82, 2.24) is 4.98 Å². The predicted molar refractivity (Wildman–Crippen MR) is 131 cm³/mol. The summed E-state index contributed by atoms with van der Waals surface area (Å²) in [7, 11) is 4.59. The quantitative estimate of drug-likeness (QED) is 0.338. The van der Waals surface area contributed by atoms with Crippen LogP contribution in [0.25, 0.3) is 11.3 Å². The maximum absolute atomic E-state index is 13.8. The van der Waals surface area contributed by atoms with Gasteiger partial charge in [0.15, 0.2) is 16.6 Å². The van der Waals surface area contributed by atoms with Crippen LogP contribution in [0.1, 0.15) is 15.9 Å². The summed E-state index contributed by atoms with van der Waals surface area (Å²) in [4.78, 5) is 20.2. The first kappa shape index (κ1) is 22.4. The van der Waals surface area contributed by atoms with Crippen molar-refractivity contribution >= 4 is 22.4 Å². The van der Waals surface area contributed by atoms with E-state index in [4.69, 9.17) is 19.2 Å². The molecule has 0 saturated carbocycles. The van der Waals surface area contributed by atoms with Gasteiger partial charge in [-0.05, 0) is 17.7 Å². The second kappa shape index (κ2) is 10.2. The molecule has 0 bridgehead atoms. The highest BCUT2D eigenvalue weighted by Gasteiger charge is 2.25.